The lowest BCUT2D eigenvalue weighted by Gasteiger charge is -2.30. The van der Waals surface area contributed by atoms with Gasteiger partial charge in [-0.15, -0.1) is 0 Å². The van der Waals surface area contributed by atoms with Crippen molar-refractivity contribution in [2.45, 2.75) is 46.5 Å². The molecule has 27 heavy (non-hydrogen) atoms. The van der Waals surface area contributed by atoms with E-state index in [2.05, 4.69) is 10.2 Å². The van der Waals surface area contributed by atoms with E-state index >= 15 is 0 Å². The van der Waals surface area contributed by atoms with Crippen LogP contribution in [-0.2, 0) is 16.0 Å². The highest BCUT2D eigenvalue weighted by molar-refractivity contribution is 5.92. The van der Waals surface area contributed by atoms with Gasteiger partial charge >= 0.3 is 5.97 Å². The van der Waals surface area contributed by atoms with Gasteiger partial charge in [-0.1, -0.05) is 19.9 Å². The first-order valence-electron chi connectivity index (χ1n) is 9.89. The Hall–Kier alpha value is -2.08. The summed E-state index contributed by atoms with van der Waals surface area (Å²) in [7, 11) is 0. The second-order valence-electron chi connectivity index (χ2n) is 7.64. The summed E-state index contributed by atoms with van der Waals surface area (Å²) >= 11 is 0. The zero-order valence-corrected chi connectivity index (χ0v) is 16.7. The van der Waals surface area contributed by atoms with Crippen LogP contribution in [0.15, 0.2) is 18.2 Å². The average Bonchev–Trinajstić information content (AvgIpc) is 2.61. The van der Waals surface area contributed by atoms with Crippen LogP contribution in [0.1, 0.15) is 45.6 Å². The summed E-state index contributed by atoms with van der Waals surface area (Å²) in [4.78, 5) is 25.5. The van der Waals surface area contributed by atoms with Gasteiger partial charge in [0.2, 0.25) is 5.91 Å². The van der Waals surface area contributed by atoms with Crippen LogP contribution in [0.4, 0.5) is 5.69 Å². The van der Waals surface area contributed by atoms with E-state index in [1.54, 1.807) is 0 Å². The predicted octanol–water partition coefficient (Wildman–Crippen LogP) is 3.41. The molecule has 1 fully saturated rings. The fourth-order valence-corrected chi connectivity index (χ4v) is 3.42. The number of carbonyl (C=O) groups is 2. The van der Waals surface area contributed by atoms with Crippen LogP contribution in [-0.4, -0.2) is 48.1 Å². The molecule has 1 aliphatic heterocycles. The number of rotatable bonds is 9. The van der Waals surface area contributed by atoms with Crippen LogP contribution in [0, 0.1) is 11.8 Å². The van der Waals surface area contributed by atoms with Crippen molar-refractivity contribution in [1.29, 1.82) is 0 Å². The lowest BCUT2D eigenvalue weighted by atomic mass is 9.98. The Morgan fingerprint density at radius 1 is 1.37 bits per heavy atom. The number of benzene rings is 1. The molecule has 1 heterocycles. The number of hydrogen-bond acceptors (Lipinski definition) is 4. The molecule has 2 rings (SSSR count). The van der Waals surface area contributed by atoms with E-state index in [4.69, 9.17) is 4.74 Å². The first-order chi connectivity index (χ1) is 12.9. The van der Waals surface area contributed by atoms with E-state index < -0.39 is 5.97 Å². The van der Waals surface area contributed by atoms with Crippen molar-refractivity contribution in [2.24, 2.45) is 11.8 Å². The number of carboxylic acids is 1. The van der Waals surface area contributed by atoms with Gasteiger partial charge in [0.15, 0.2) is 0 Å². The van der Waals surface area contributed by atoms with Gasteiger partial charge in [0.05, 0.1) is 18.2 Å². The Bertz CT molecular complexity index is 645. The molecule has 0 radical (unpaired) electrons. The zero-order valence-electron chi connectivity index (χ0n) is 16.7. The number of carbonyl (C=O) groups excluding carboxylic acids is 1. The van der Waals surface area contributed by atoms with Crippen molar-refractivity contribution < 1.29 is 19.4 Å². The summed E-state index contributed by atoms with van der Waals surface area (Å²) in [6, 6.07) is 5.88. The molecular formula is C21H32N2O4. The van der Waals surface area contributed by atoms with Gasteiger partial charge in [-0.25, -0.2) is 0 Å². The minimum absolute atomic E-state index is 0.00766. The fraction of sp³-hybridized carbons (Fsp3) is 0.619. The summed E-state index contributed by atoms with van der Waals surface area (Å²) < 4.78 is 5.72. The van der Waals surface area contributed by atoms with Gasteiger partial charge in [-0.3, -0.25) is 9.59 Å². The van der Waals surface area contributed by atoms with Crippen LogP contribution < -0.4 is 10.1 Å². The lowest BCUT2D eigenvalue weighted by Crippen LogP contribution is -2.39. The van der Waals surface area contributed by atoms with Gasteiger partial charge in [0.1, 0.15) is 5.75 Å². The quantitative estimate of drug-likeness (QED) is 0.690. The van der Waals surface area contributed by atoms with Crippen LogP contribution in [0.3, 0.4) is 0 Å². The normalized spacial score (nSPS) is 17.7. The van der Waals surface area contributed by atoms with E-state index in [0.29, 0.717) is 36.9 Å². The van der Waals surface area contributed by atoms with Crippen molar-refractivity contribution in [3.63, 3.8) is 0 Å². The van der Waals surface area contributed by atoms with Crippen LogP contribution in [0.5, 0.6) is 5.75 Å². The minimum atomic E-state index is -0.695. The Kier molecular flexibility index (Phi) is 8.10. The highest BCUT2D eigenvalue weighted by Crippen LogP contribution is 2.27. The van der Waals surface area contributed by atoms with Gasteiger partial charge in [0, 0.05) is 19.5 Å². The molecule has 1 saturated heterocycles. The van der Waals surface area contributed by atoms with E-state index in [-0.39, 0.29) is 11.8 Å². The number of hydrogen-bond donors (Lipinski definition) is 2. The maximum absolute atomic E-state index is 12.1. The van der Waals surface area contributed by atoms with Gasteiger partial charge in [-0.2, -0.15) is 0 Å². The summed E-state index contributed by atoms with van der Waals surface area (Å²) in [5.74, 6) is 0.0380. The third-order valence-electron chi connectivity index (χ3n) is 4.79. The molecule has 6 nitrogen and oxygen atoms in total. The molecule has 0 aromatic heterocycles. The Morgan fingerprint density at radius 2 is 2.15 bits per heavy atom. The average molecular weight is 376 g/mol. The molecule has 1 aromatic rings. The number of anilines is 1. The number of nitrogens with zero attached hydrogens (tertiary/aromatic N) is 1. The predicted molar refractivity (Wildman–Crippen MR) is 106 cm³/mol. The summed E-state index contributed by atoms with van der Waals surface area (Å²) in [6.07, 6.45) is 3.01. The van der Waals surface area contributed by atoms with E-state index in [9.17, 15) is 14.7 Å². The number of nitrogens with one attached hydrogen (secondary N) is 1. The van der Waals surface area contributed by atoms with Gasteiger partial charge in [-0.05, 0) is 56.3 Å². The molecule has 150 valence electrons. The number of ether oxygens (including phenoxy) is 1. The minimum Gasteiger partial charge on any atom is -0.492 e. The fourth-order valence-electron chi connectivity index (χ4n) is 3.42. The third kappa shape index (κ3) is 6.86. The standard InChI is InChI=1S/C21H32N2O4/c1-4-27-19-13-16(7-8-18(19)22-20(24)12-15(2)3)9-11-23-10-5-6-17(14-23)21(25)26/h7-8,13,15,17H,4-6,9-12,14H2,1-3H3,(H,22,24)(H,25,26). The van der Waals surface area contributed by atoms with Crippen molar-refractivity contribution in [1.82, 2.24) is 4.90 Å². The molecule has 0 aliphatic carbocycles. The molecule has 0 saturated carbocycles. The second kappa shape index (κ2) is 10.3. The SMILES string of the molecule is CCOc1cc(CCN2CCCC(C(=O)O)C2)ccc1NC(=O)CC(C)C. The molecule has 1 atom stereocenters. The monoisotopic (exact) mass is 376 g/mol. The molecule has 6 heteroatoms. The topological polar surface area (TPSA) is 78.9 Å². The number of likely N-dealkylation sites (tertiary alicyclic amines) is 1. The van der Waals surface area contributed by atoms with Crippen molar-refractivity contribution in [3.8, 4) is 5.75 Å². The first kappa shape index (κ1) is 21.2. The maximum Gasteiger partial charge on any atom is 0.307 e. The maximum atomic E-state index is 12.1. The zero-order chi connectivity index (χ0) is 19.8. The second-order valence-corrected chi connectivity index (χ2v) is 7.64. The molecule has 1 aromatic carbocycles. The number of aliphatic carboxylic acids is 1. The molecular weight excluding hydrogens is 344 g/mol. The Morgan fingerprint density at radius 3 is 2.81 bits per heavy atom. The number of piperidine rings is 1. The summed E-state index contributed by atoms with van der Waals surface area (Å²) in [5.41, 5.74) is 1.83. The van der Waals surface area contributed by atoms with E-state index in [1.807, 2.05) is 39.0 Å². The number of amides is 1. The smallest absolute Gasteiger partial charge is 0.307 e. The highest BCUT2D eigenvalue weighted by atomic mass is 16.5. The van der Waals surface area contributed by atoms with Crippen molar-refractivity contribution in [3.05, 3.63) is 23.8 Å². The van der Waals surface area contributed by atoms with Crippen molar-refractivity contribution in [2.75, 3.05) is 31.6 Å². The molecule has 1 aliphatic rings. The molecule has 2 N–H and O–H groups in total. The number of carboxylic acid groups (broad SMARTS) is 1. The lowest BCUT2D eigenvalue weighted by molar-refractivity contribution is -0.143. The Balaban J connectivity index is 1.98. The first-order valence-corrected chi connectivity index (χ1v) is 9.89. The largest absolute Gasteiger partial charge is 0.492 e. The van der Waals surface area contributed by atoms with Crippen LogP contribution in [0.2, 0.25) is 0 Å². The van der Waals surface area contributed by atoms with Gasteiger partial charge in [0.25, 0.3) is 0 Å². The highest BCUT2D eigenvalue weighted by Gasteiger charge is 2.25. The van der Waals surface area contributed by atoms with E-state index in [1.165, 1.54) is 0 Å². The molecule has 1 unspecified atom stereocenters. The van der Waals surface area contributed by atoms with Crippen LogP contribution in [0.25, 0.3) is 0 Å². The van der Waals surface area contributed by atoms with E-state index in [0.717, 1.165) is 37.9 Å². The molecule has 1 amide bonds. The molecule has 0 spiro atoms. The van der Waals surface area contributed by atoms with Gasteiger partial charge < -0.3 is 20.1 Å². The summed E-state index contributed by atoms with van der Waals surface area (Å²) in [6.45, 7) is 8.88. The summed E-state index contributed by atoms with van der Waals surface area (Å²) in [5, 5.41) is 12.2. The van der Waals surface area contributed by atoms with Crippen LogP contribution >= 0.6 is 0 Å². The third-order valence-corrected chi connectivity index (χ3v) is 4.79. The Labute approximate surface area is 161 Å². The van der Waals surface area contributed by atoms with Crippen molar-refractivity contribution >= 4 is 17.6 Å². The molecule has 0 bridgehead atoms.